The quantitative estimate of drug-likeness (QED) is 0.596. The average Bonchev–Trinajstić information content (AvgIpc) is 2.74. The fourth-order valence-corrected chi connectivity index (χ4v) is 2.60. The van der Waals surface area contributed by atoms with Gasteiger partial charge in [-0.1, -0.05) is 12.1 Å². The first-order valence-corrected chi connectivity index (χ1v) is 5.61. The SMILES string of the molecule is [c]1cccc2scc(-c3ccncc3)c12. The van der Waals surface area contributed by atoms with E-state index in [2.05, 4.69) is 22.5 Å². The third kappa shape index (κ3) is 1.43. The molecule has 15 heavy (non-hydrogen) atoms. The van der Waals surface area contributed by atoms with Gasteiger partial charge in [-0.05, 0) is 35.2 Å². The molecule has 2 heterocycles. The summed E-state index contributed by atoms with van der Waals surface area (Å²) in [6.07, 6.45) is 3.64. The van der Waals surface area contributed by atoms with E-state index in [1.807, 2.05) is 36.7 Å². The van der Waals surface area contributed by atoms with Gasteiger partial charge in [-0.15, -0.1) is 11.3 Å². The first kappa shape index (κ1) is 8.62. The summed E-state index contributed by atoms with van der Waals surface area (Å²) in [7, 11) is 0. The smallest absolute Gasteiger partial charge is 0.0355 e. The number of benzene rings is 1. The van der Waals surface area contributed by atoms with Gasteiger partial charge in [-0.25, -0.2) is 0 Å². The number of fused-ring (bicyclic) bond motifs is 1. The third-order valence-electron chi connectivity index (χ3n) is 2.38. The fourth-order valence-electron chi connectivity index (χ4n) is 1.66. The largest absolute Gasteiger partial charge is 0.265 e. The summed E-state index contributed by atoms with van der Waals surface area (Å²) >= 11 is 1.76. The van der Waals surface area contributed by atoms with Crippen LogP contribution in [0.25, 0.3) is 21.2 Å². The molecule has 3 rings (SSSR count). The van der Waals surface area contributed by atoms with Crippen molar-refractivity contribution in [2.24, 2.45) is 0 Å². The van der Waals surface area contributed by atoms with Crippen LogP contribution in [0, 0.1) is 6.07 Å². The number of nitrogens with zero attached hydrogens (tertiary/aromatic N) is 1. The molecule has 0 aliphatic rings. The van der Waals surface area contributed by atoms with E-state index in [-0.39, 0.29) is 0 Å². The van der Waals surface area contributed by atoms with Gasteiger partial charge in [0.25, 0.3) is 0 Å². The molecule has 0 amide bonds. The highest BCUT2D eigenvalue weighted by Gasteiger charge is 2.04. The summed E-state index contributed by atoms with van der Waals surface area (Å²) in [5.74, 6) is 0. The average molecular weight is 210 g/mol. The molecule has 1 aromatic carbocycles. The molecule has 0 atom stereocenters. The first-order chi connectivity index (χ1) is 7.45. The van der Waals surface area contributed by atoms with Gasteiger partial charge in [0.2, 0.25) is 0 Å². The number of hydrogen-bond acceptors (Lipinski definition) is 2. The van der Waals surface area contributed by atoms with E-state index in [1.165, 1.54) is 21.2 Å². The zero-order valence-electron chi connectivity index (χ0n) is 7.97. The predicted octanol–water partition coefficient (Wildman–Crippen LogP) is 3.76. The van der Waals surface area contributed by atoms with Gasteiger partial charge in [0, 0.05) is 28.0 Å². The molecule has 1 nitrogen and oxygen atoms in total. The molecule has 0 bridgehead atoms. The van der Waals surface area contributed by atoms with E-state index < -0.39 is 0 Å². The van der Waals surface area contributed by atoms with Crippen LogP contribution in [-0.4, -0.2) is 4.98 Å². The molecule has 2 heteroatoms. The number of thiophene rings is 1. The lowest BCUT2D eigenvalue weighted by Gasteiger charge is -1.97. The molecule has 0 unspecified atom stereocenters. The van der Waals surface area contributed by atoms with Crippen LogP contribution in [0.4, 0.5) is 0 Å². The van der Waals surface area contributed by atoms with Crippen molar-refractivity contribution in [2.75, 3.05) is 0 Å². The second-order valence-electron chi connectivity index (χ2n) is 3.29. The lowest BCUT2D eigenvalue weighted by molar-refractivity contribution is 1.33. The van der Waals surface area contributed by atoms with Crippen molar-refractivity contribution in [2.45, 2.75) is 0 Å². The van der Waals surface area contributed by atoms with E-state index in [1.54, 1.807) is 11.3 Å². The Morgan fingerprint density at radius 1 is 1.13 bits per heavy atom. The Morgan fingerprint density at radius 2 is 2.00 bits per heavy atom. The second-order valence-corrected chi connectivity index (χ2v) is 4.21. The number of hydrogen-bond donors (Lipinski definition) is 0. The van der Waals surface area contributed by atoms with Crippen molar-refractivity contribution in [1.82, 2.24) is 4.98 Å². The highest BCUT2D eigenvalue weighted by atomic mass is 32.1. The predicted molar refractivity (Wildman–Crippen MR) is 63.9 cm³/mol. The van der Waals surface area contributed by atoms with Crippen molar-refractivity contribution in [3.8, 4) is 11.1 Å². The minimum absolute atomic E-state index is 1.20. The van der Waals surface area contributed by atoms with E-state index in [4.69, 9.17) is 0 Å². The number of rotatable bonds is 1. The fraction of sp³-hybridized carbons (Fsp3) is 0. The van der Waals surface area contributed by atoms with Crippen molar-refractivity contribution in [1.29, 1.82) is 0 Å². The molecular formula is C13H8NS. The van der Waals surface area contributed by atoms with Crippen LogP contribution < -0.4 is 0 Å². The zero-order valence-corrected chi connectivity index (χ0v) is 8.79. The maximum absolute atomic E-state index is 4.03. The Labute approximate surface area is 92.0 Å². The van der Waals surface area contributed by atoms with Crippen LogP contribution in [0.15, 0.2) is 48.1 Å². The molecule has 0 saturated carbocycles. The Bertz CT molecular complexity index is 584. The van der Waals surface area contributed by atoms with Gasteiger partial charge in [0.05, 0.1) is 0 Å². The molecule has 0 fully saturated rings. The van der Waals surface area contributed by atoms with Gasteiger partial charge in [0.1, 0.15) is 0 Å². The standard InChI is InChI=1S/C13H8NS/c1-2-4-13-11(3-1)12(9-15-13)10-5-7-14-8-6-10/h1-2,4-9H. The molecule has 1 radical (unpaired) electrons. The molecule has 2 aromatic heterocycles. The van der Waals surface area contributed by atoms with Gasteiger partial charge in [-0.3, -0.25) is 4.98 Å². The normalized spacial score (nSPS) is 10.7. The van der Waals surface area contributed by atoms with Crippen LogP contribution in [0.2, 0.25) is 0 Å². The Balaban J connectivity index is 2.28. The minimum Gasteiger partial charge on any atom is -0.265 e. The maximum atomic E-state index is 4.03. The van der Waals surface area contributed by atoms with Crippen molar-refractivity contribution >= 4 is 21.4 Å². The van der Waals surface area contributed by atoms with Gasteiger partial charge < -0.3 is 0 Å². The van der Waals surface area contributed by atoms with Crippen LogP contribution in [0.1, 0.15) is 0 Å². The van der Waals surface area contributed by atoms with Crippen LogP contribution >= 0.6 is 11.3 Å². The monoisotopic (exact) mass is 210 g/mol. The third-order valence-corrected chi connectivity index (χ3v) is 3.33. The molecular weight excluding hydrogens is 202 g/mol. The van der Waals surface area contributed by atoms with Gasteiger partial charge in [-0.2, -0.15) is 0 Å². The van der Waals surface area contributed by atoms with Crippen molar-refractivity contribution in [3.63, 3.8) is 0 Å². The molecule has 3 aromatic rings. The van der Waals surface area contributed by atoms with Gasteiger partial charge in [0.15, 0.2) is 0 Å². The lowest BCUT2D eigenvalue weighted by atomic mass is 10.1. The lowest BCUT2D eigenvalue weighted by Crippen LogP contribution is -1.75. The van der Waals surface area contributed by atoms with E-state index in [0.29, 0.717) is 0 Å². The summed E-state index contributed by atoms with van der Waals surface area (Å²) in [6, 6.07) is 13.5. The highest BCUT2D eigenvalue weighted by molar-refractivity contribution is 7.17. The number of pyridine rings is 1. The van der Waals surface area contributed by atoms with E-state index in [9.17, 15) is 0 Å². The summed E-state index contributed by atoms with van der Waals surface area (Å²) in [5.41, 5.74) is 2.46. The van der Waals surface area contributed by atoms with Gasteiger partial charge >= 0.3 is 0 Å². The van der Waals surface area contributed by atoms with Crippen LogP contribution in [0.5, 0.6) is 0 Å². The molecule has 0 N–H and O–H groups in total. The highest BCUT2D eigenvalue weighted by Crippen LogP contribution is 2.32. The van der Waals surface area contributed by atoms with E-state index >= 15 is 0 Å². The Hall–Kier alpha value is -1.67. The van der Waals surface area contributed by atoms with Crippen molar-refractivity contribution < 1.29 is 0 Å². The molecule has 0 aliphatic heterocycles. The molecule has 71 valence electrons. The summed E-state index contributed by atoms with van der Waals surface area (Å²) in [5, 5.41) is 3.38. The second kappa shape index (κ2) is 3.48. The summed E-state index contributed by atoms with van der Waals surface area (Å²) in [6.45, 7) is 0. The molecule has 0 saturated heterocycles. The summed E-state index contributed by atoms with van der Waals surface area (Å²) < 4.78 is 1.28. The summed E-state index contributed by atoms with van der Waals surface area (Å²) in [4.78, 5) is 4.03. The molecule has 0 spiro atoms. The maximum Gasteiger partial charge on any atom is 0.0355 e. The van der Waals surface area contributed by atoms with Crippen molar-refractivity contribution in [3.05, 3.63) is 54.2 Å². The topological polar surface area (TPSA) is 12.9 Å². The number of aromatic nitrogens is 1. The minimum atomic E-state index is 1.20. The first-order valence-electron chi connectivity index (χ1n) is 4.73. The zero-order chi connectivity index (χ0) is 10.1. The Kier molecular flexibility index (Phi) is 2.00. The Morgan fingerprint density at radius 3 is 2.87 bits per heavy atom. The van der Waals surface area contributed by atoms with Crippen LogP contribution in [-0.2, 0) is 0 Å². The van der Waals surface area contributed by atoms with E-state index in [0.717, 1.165) is 0 Å². The molecule has 0 aliphatic carbocycles. The van der Waals surface area contributed by atoms with Crippen LogP contribution in [0.3, 0.4) is 0 Å².